The highest BCUT2D eigenvalue weighted by Crippen LogP contribution is 2.25. The van der Waals surface area contributed by atoms with E-state index in [1.165, 1.54) is 0 Å². The molecule has 1 aromatic carbocycles. The van der Waals surface area contributed by atoms with Crippen molar-refractivity contribution in [1.29, 1.82) is 0 Å². The predicted octanol–water partition coefficient (Wildman–Crippen LogP) is 4.97. The first-order valence-electron chi connectivity index (χ1n) is 10.2. The van der Waals surface area contributed by atoms with Gasteiger partial charge < -0.3 is 19.9 Å². The predicted molar refractivity (Wildman–Crippen MR) is 115 cm³/mol. The third-order valence-electron chi connectivity index (χ3n) is 4.27. The van der Waals surface area contributed by atoms with Crippen LogP contribution in [-0.2, 0) is 14.3 Å². The number of nitrogens with one attached hydrogen (secondary N) is 1. The maximum absolute atomic E-state index is 12.7. The first kappa shape index (κ1) is 24.4. The summed E-state index contributed by atoms with van der Waals surface area (Å²) in [5, 5.41) is 11.6. The van der Waals surface area contributed by atoms with Gasteiger partial charge in [0, 0.05) is 6.42 Å². The molecule has 1 amide bonds. The minimum absolute atomic E-state index is 0.141. The number of hydrogen-bond acceptors (Lipinski definition) is 4. The molecule has 0 spiro atoms. The molecule has 160 valence electrons. The third kappa shape index (κ3) is 11.1. The summed E-state index contributed by atoms with van der Waals surface area (Å²) >= 11 is 0. The van der Waals surface area contributed by atoms with Gasteiger partial charge in [-0.3, -0.25) is 9.59 Å². The van der Waals surface area contributed by atoms with Gasteiger partial charge in [0.1, 0.15) is 11.9 Å². The lowest BCUT2D eigenvalue weighted by atomic mass is 10.1. The lowest BCUT2D eigenvalue weighted by Gasteiger charge is -2.18. The molecule has 0 radical (unpaired) electrons. The quantitative estimate of drug-likeness (QED) is 0.283. The van der Waals surface area contributed by atoms with Crippen molar-refractivity contribution in [1.82, 2.24) is 0 Å². The van der Waals surface area contributed by atoms with Crippen LogP contribution in [0.1, 0.15) is 51.4 Å². The van der Waals surface area contributed by atoms with E-state index in [9.17, 15) is 9.59 Å². The number of allylic oxidation sites excluding steroid dienone is 1. The number of aliphatic carboxylic acids is 1. The average Bonchev–Trinajstić information content (AvgIpc) is 2.70. The van der Waals surface area contributed by atoms with Crippen molar-refractivity contribution in [2.75, 3.05) is 18.5 Å². The number of rotatable bonds is 17. The van der Waals surface area contributed by atoms with Gasteiger partial charge in [-0.25, -0.2) is 0 Å². The molecule has 1 aromatic rings. The van der Waals surface area contributed by atoms with E-state index < -0.39 is 12.1 Å². The molecule has 0 saturated heterocycles. The molecule has 0 aliphatic rings. The number of carbonyl (C=O) groups excluding carboxylic acids is 1. The second-order valence-electron chi connectivity index (χ2n) is 6.72. The van der Waals surface area contributed by atoms with Crippen molar-refractivity contribution >= 4 is 17.6 Å². The Bertz CT molecular complexity index is 644. The fraction of sp³-hybridized carbons (Fsp3) is 0.478. The molecule has 0 bridgehead atoms. The van der Waals surface area contributed by atoms with E-state index in [4.69, 9.17) is 14.6 Å². The Labute approximate surface area is 173 Å². The maximum atomic E-state index is 12.7. The number of ether oxygens (including phenoxy) is 2. The number of carbonyl (C=O) groups is 2. The molecule has 0 heterocycles. The number of carboxylic acid groups (broad SMARTS) is 1. The van der Waals surface area contributed by atoms with Gasteiger partial charge in [-0.2, -0.15) is 0 Å². The maximum Gasteiger partial charge on any atom is 0.303 e. The molecular formula is C23H33NO5. The Balaban J connectivity index is 2.59. The second kappa shape index (κ2) is 15.3. The van der Waals surface area contributed by atoms with Crippen LogP contribution in [0.5, 0.6) is 5.75 Å². The van der Waals surface area contributed by atoms with Crippen molar-refractivity contribution in [3.05, 3.63) is 49.6 Å². The number of benzene rings is 1. The highest BCUT2D eigenvalue weighted by molar-refractivity contribution is 5.95. The molecule has 0 saturated carbocycles. The van der Waals surface area contributed by atoms with Crippen LogP contribution in [0.15, 0.2) is 49.6 Å². The topological polar surface area (TPSA) is 84.9 Å². The molecular weight excluding hydrogens is 370 g/mol. The molecule has 29 heavy (non-hydrogen) atoms. The summed E-state index contributed by atoms with van der Waals surface area (Å²) < 4.78 is 11.4. The van der Waals surface area contributed by atoms with Gasteiger partial charge in [0.15, 0.2) is 0 Å². The largest absolute Gasteiger partial charge is 0.491 e. The minimum atomic E-state index is -0.803. The molecule has 1 rings (SSSR count). The zero-order valence-electron chi connectivity index (χ0n) is 17.1. The van der Waals surface area contributed by atoms with E-state index in [1.54, 1.807) is 12.1 Å². The van der Waals surface area contributed by atoms with Gasteiger partial charge in [-0.05, 0) is 44.2 Å². The lowest BCUT2D eigenvalue weighted by Crippen LogP contribution is -2.31. The molecule has 0 aliphatic carbocycles. The van der Waals surface area contributed by atoms with Crippen LogP contribution < -0.4 is 10.1 Å². The number of amides is 1. The average molecular weight is 404 g/mol. The monoisotopic (exact) mass is 403 g/mol. The molecule has 0 fully saturated rings. The molecule has 6 heteroatoms. The van der Waals surface area contributed by atoms with Gasteiger partial charge >= 0.3 is 5.97 Å². The molecule has 2 N–H and O–H groups in total. The zero-order valence-corrected chi connectivity index (χ0v) is 17.1. The van der Waals surface area contributed by atoms with E-state index in [0.29, 0.717) is 37.3 Å². The summed E-state index contributed by atoms with van der Waals surface area (Å²) in [5.41, 5.74) is 0.610. The van der Waals surface area contributed by atoms with Crippen LogP contribution in [0.2, 0.25) is 0 Å². The summed E-state index contributed by atoms with van der Waals surface area (Å²) in [7, 11) is 0. The van der Waals surface area contributed by atoms with Crippen LogP contribution >= 0.6 is 0 Å². The molecule has 6 nitrogen and oxygen atoms in total. The third-order valence-corrected chi connectivity index (χ3v) is 4.27. The van der Waals surface area contributed by atoms with Gasteiger partial charge in [-0.1, -0.05) is 37.1 Å². The zero-order chi connectivity index (χ0) is 21.3. The lowest BCUT2D eigenvalue weighted by molar-refractivity contribution is -0.137. The van der Waals surface area contributed by atoms with E-state index in [-0.39, 0.29) is 18.9 Å². The molecule has 1 atom stereocenters. The van der Waals surface area contributed by atoms with Crippen molar-refractivity contribution in [2.24, 2.45) is 0 Å². The van der Waals surface area contributed by atoms with Crippen LogP contribution in [0.25, 0.3) is 0 Å². The summed E-state index contributed by atoms with van der Waals surface area (Å²) in [6.45, 7) is 8.18. The van der Waals surface area contributed by atoms with Crippen LogP contribution in [-0.4, -0.2) is 36.3 Å². The molecule has 0 aromatic heterocycles. The summed E-state index contributed by atoms with van der Waals surface area (Å²) in [6, 6.07) is 7.33. The van der Waals surface area contributed by atoms with Crippen molar-refractivity contribution in [3.63, 3.8) is 0 Å². The van der Waals surface area contributed by atoms with E-state index in [1.807, 2.05) is 24.3 Å². The SMILES string of the molecule is C=CCCCCOc1ccccc1NC(=O)C(CCCCCC(=O)O)OCC=C. The highest BCUT2D eigenvalue weighted by atomic mass is 16.5. The Morgan fingerprint density at radius 2 is 1.86 bits per heavy atom. The number of unbranched alkanes of at least 4 members (excludes halogenated alkanes) is 4. The number of anilines is 1. The van der Waals surface area contributed by atoms with Crippen molar-refractivity contribution < 1.29 is 24.2 Å². The Kier molecular flexibility index (Phi) is 12.9. The fourth-order valence-corrected chi connectivity index (χ4v) is 2.74. The fourth-order valence-electron chi connectivity index (χ4n) is 2.74. The molecule has 0 aliphatic heterocycles. The Hall–Kier alpha value is -2.60. The van der Waals surface area contributed by atoms with Crippen molar-refractivity contribution in [3.8, 4) is 5.75 Å². The minimum Gasteiger partial charge on any atom is -0.491 e. The smallest absolute Gasteiger partial charge is 0.303 e. The summed E-state index contributed by atoms with van der Waals surface area (Å²) in [6.07, 6.45) is 8.44. The number of hydrogen-bond donors (Lipinski definition) is 2. The van der Waals surface area contributed by atoms with Crippen molar-refractivity contribution in [2.45, 2.75) is 57.5 Å². The van der Waals surface area contributed by atoms with Crippen LogP contribution in [0, 0.1) is 0 Å². The van der Waals surface area contributed by atoms with Gasteiger partial charge in [-0.15, -0.1) is 13.2 Å². The van der Waals surface area contributed by atoms with Gasteiger partial charge in [0.25, 0.3) is 5.91 Å². The summed E-state index contributed by atoms with van der Waals surface area (Å²) in [5.74, 6) is -0.417. The van der Waals surface area contributed by atoms with E-state index in [2.05, 4.69) is 18.5 Å². The summed E-state index contributed by atoms with van der Waals surface area (Å²) in [4.78, 5) is 23.3. The normalized spacial score (nSPS) is 11.4. The Morgan fingerprint density at radius 1 is 1.07 bits per heavy atom. The van der Waals surface area contributed by atoms with E-state index >= 15 is 0 Å². The number of carboxylic acids is 1. The van der Waals surface area contributed by atoms with E-state index in [0.717, 1.165) is 25.7 Å². The standard InChI is InChI=1S/C23H33NO5/c1-3-5-6-12-18-29-20-14-11-10-13-19(20)24-23(27)21(28-17-4-2)15-8-7-9-16-22(25)26/h3-4,10-11,13-14,21H,1-2,5-9,12,15-18H2,(H,24,27)(H,25,26). The highest BCUT2D eigenvalue weighted by Gasteiger charge is 2.20. The van der Waals surface area contributed by atoms with Crippen LogP contribution in [0.3, 0.4) is 0 Å². The molecule has 1 unspecified atom stereocenters. The second-order valence-corrected chi connectivity index (χ2v) is 6.72. The van der Waals surface area contributed by atoms with Gasteiger partial charge in [0.05, 0.1) is 18.9 Å². The number of para-hydroxylation sites is 2. The van der Waals surface area contributed by atoms with Gasteiger partial charge in [0.2, 0.25) is 0 Å². The first-order valence-corrected chi connectivity index (χ1v) is 10.2. The first-order chi connectivity index (χ1) is 14.1. The Morgan fingerprint density at radius 3 is 2.59 bits per heavy atom. The van der Waals surface area contributed by atoms with Crippen LogP contribution in [0.4, 0.5) is 5.69 Å².